The number of hydrogen-bond donors (Lipinski definition) is 2. The average Bonchev–Trinajstić information content (AvgIpc) is 2.77. The van der Waals surface area contributed by atoms with Gasteiger partial charge in [0, 0.05) is 12.5 Å². The number of nitrogens with one attached hydrogen (secondary N) is 2. The molecule has 5 heteroatoms. The molecule has 0 fully saturated rings. The zero-order valence-electron chi connectivity index (χ0n) is 11.8. The molecule has 5 nitrogen and oxygen atoms in total. The Morgan fingerprint density at radius 3 is 2.72 bits per heavy atom. The number of hydrogen-bond acceptors (Lipinski definition) is 3. The van der Waals surface area contributed by atoms with Gasteiger partial charge in [0.2, 0.25) is 5.82 Å². The highest BCUT2D eigenvalue weighted by atomic mass is 16.2. The van der Waals surface area contributed by atoms with Crippen molar-refractivity contribution in [1.82, 2.24) is 20.5 Å². The second-order valence-electron chi connectivity index (χ2n) is 4.98. The number of aryl methyl sites for hydroxylation is 1. The molecule has 1 aromatic heterocycles. The minimum atomic E-state index is -0.190. The first-order valence-electron chi connectivity index (χ1n) is 6.78. The van der Waals surface area contributed by atoms with Crippen LogP contribution in [0.15, 0.2) is 0 Å². The van der Waals surface area contributed by atoms with Gasteiger partial charge in [-0.3, -0.25) is 9.89 Å². The zero-order valence-corrected chi connectivity index (χ0v) is 11.8. The molecule has 0 radical (unpaired) electrons. The Labute approximate surface area is 109 Å². The van der Waals surface area contributed by atoms with Crippen molar-refractivity contribution in [2.24, 2.45) is 5.92 Å². The van der Waals surface area contributed by atoms with Crippen molar-refractivity contribution >= 4 is 5.91 Å². The molecule has 1 amide bonds. The van der Waals surface area contributed by atoms with E-state index in [0.29, 0.717) is 5.92 Å². The summed E-state index contributed by atoms with van der Waals surface area (Å²) in [6.45, 7) is 8.43. The number of carbonyl (C=O) groups is 1. The summed E-state index contributed by atoms with van der Waals surface area (Å²) in [5.74, 6) is 1.44. The van der Waals surface area contributed by atoms with E-state index in [1.54, 1.807) is 0 Å². The van der Waals surface area contributed by atoms with Gasteiger partial charge in [0.15, 0.2) is 0 Å². The summed E-state index contributed by atoms with van der Waals surface area (Å²) >= 11 is 0. The largest absolute Gasteiger partial charge is 0.347 e. The minimum absolute atomic E-state index is 0.153. The van der Waals surface area contributed by atoms with Crippen LogP contribution in [0.2, 0.25) is 0 Å². The molecule has 102 valence electrons. The number of aromatic amines is 1. The Hall–Kier alpha value is -1.39. The zero-order chi connectivity index (χ0) is 13.5. The third-order valence-electron chi connectivity index (χ3n) is 3.05. The van der Waals surface area contributed by atoms with Crippen LogP contribution in [0.5, 0.6) is 0 Å². The van der Waals surface area contributed by atoms with Crippen LogP contribution in [0.1, 0.15) is 63.4 Å². The molecule has 0 aliphatic heterocycles. The van der Waals surface area contributed by atoms with Crippen LogP contribution in [-0.2, 0) is 6.42 Å². The fourth-order valence-electron chi connectivity index (χ4n) is 1.86. The fourth-order valence-corrected chi connectivity index (χ4v) is 1.86. The summed E-state index contributed by atoms with van der Waals surface area (Å²) in [7, 11) is 0. The van der Waals surface area contributed by atoms with Crippen molar-refractivity contribution in [3.63, 3.8) is 0 Å². The average molecular weight is 252 g/mol. The molecule has 0 spiro atoms. The van der Waals surface area contributed by atoms with Crippen molar-refractivity contribution in [2.75, 3.05) is 0 Å². The summed E-state index contributed by atoms with van der Waals surface area (Å²) in [5, 5.41) is 9.66. The summed E-state index contributed by atoms with van der Waals surface area (Å²) < 4.78 is 0. The molecule has 1 rings (SSSR count). The SMILES string of the molecule is CCCc1nc(C(=O)NC(C)CC(C)CC)n[nH]1. The molecule has 0 aliphatic carbocycles. The van der Waals surface area contributed by atoms with Gasteiger partial charge in [-0.2, -0.15) is 0 Å². The lowest BCUT2D eigenvalue weighted by atomic mass is 10.0. The lowest BCUT2D eigenvalue weighted by molar-refractivity contribution is 0.0925. The monoisotopic (exact) mass is 252 g/mol. The van der Waals surface area contributed by atoms with E-state index in [2.05, 4.69) is 41.3 Å². The second kappa shape index (κ2) is 7.13. The third-order valence-corrected chi connectivity index (χ3v) is 3.05. The highest BCUT2D eigenvalue weighted by molar-refractivity contribution is 5.90. The van der Waals surface area contributed by atoms with Gasteiger partial charge in [-0.05, 0) is 25.7 Å². The Kier molecular flexibility index (Phi) is 5.82. The maximum absolute atomic E-state index is 11.9. The van der Waals surface area contributed by atoms with Crippen LogP contribution >= 0.6 is 0 Å². The molecular formula is C13H24N4O. The lowest BCUT2D eigenvalue weighted by Gasteiger charge is -2.16. The maximum Gasteiger partial charge on any atom is 0.291 e. The van der Waals surface area contributed by atoms with Crippen molar-refractivity contribution in [3.05, 3.63) is 11.6 Å². The Bertz CT molecular complexity index is 375. The fraction of sp³-hybridized carbons (Fsp3) is 0.769. The summed E-state index contributed by atoms with van der Waals surface area (Å²) in [6.07, 6.45) is 3.92. The van der Waals surface area contributed by atoms with Gasteiger partial charge in [-0.25, -0.2) is 4.98 Å². The van der Waals surface area contributed by atoms with E-state index in [0.717, 1.165) is 31.5 Å². The van der Waals surface area contributed by atoms with Crippen molar-refractivity contribution in [2.45, 2.75) is 59.4 Å². The lowest BCUT2D eigenvalue weighted by Crippen LogP contribution is -2.34. The minimum Gasteiger partial charge on any atom is -0.347 e. The second-order valence-corrected chi connectivity index (χ2v) is 4.98. The van der Waals surface area contributed by atoms with Crippen LogP contribution in [0.3, 0.4) is 0 Å². The molecule has 18 heavy (non-hydrogen) atoms. The number of H-pyrrole nitrogens is 1. The molecule has 0 bridgehead atoms. The highest BCUT2D eigenvalue weighted by Crippen LogP contribution is 2.09. The van der Waals surface area contributed by atoms with E-state index in [4.69, 9.17) is 0 Å². The van der Waals surface area contributed by atoms with E-state index in [9.17, 15) is 4.79 Å². The molecule has 0 saturated heterocycles. The Morgan fingerprint density at radius 1 is 1.39 bits per heavy atom. The Balaban J connectivity index is 2.48. The number of amides is 1. The molecular weight excluding hydrogens is 228 g/mol. The van der Waals surface area contributed by atoms with Gasteiger partial charge in [-0.15, -0.1) is 5.10 Å². The summed E-state index contributed by atoms with van der Waals surface area (Å²) in [6, 6.07) is 0.153. The molecule has 1 heterocycles. The van der Waals surface area contributed by atoms with Gasteiger partial charge < -0.3 is 5.32 Å². The number of rotatable bonds is 7. The molecule has 0 saturated carbocycles. The van der Waals surface area contributed by atoms with E-state index in [1.807, 2.05) is 6.92 Å². The van der Waals surface area contributed by atoms with Gasteiger partial charge in [0.05, 0.1) is 0 Å². The highest BCUT2D eigenvalue weighted by Gasteiger charge is 2.15. The topological polar surface area (TPSA) is 70.7 Å². The Morgan fingerprint density at radius 2 is 2.11 bits per heavy atom. The van der Waals surface area contributed by atoms with Crippen LogP contribution in [0.4, 0.5) is 0 Å². The van der Waals surface area contributed by atoms with E-state index in [-0.39, 0.29) is 17.8 Å². The number of aromatic nitrogens is 3. The number of nitrogens with zero attached hydrogens (tertiary/aromatic N) is 2. The van der Waals surface area contributed by atoms with Crippen LogP contribution in [0.25, 0.3) is 0 Å². The standard InChI is InChI=1S/C13H24N4O/c1-5-7-11-15-12(17-16-11)13(18)14-10(4)8-9(3)6-2/h9-10H,5-8H2,1-4H3,(H,14,18)(H,15,16,17). The van der Waals surface area contributed by atoms with Crippen molar-refractivity contribution in [1.29, 1.82) is 0 Å². The quantitative estimate of drug-likeness (QED) is 0.782. The summed E-state index contributed by atoms with van der Waals surface area (Å²) in [4.78, 5) is 16.1. The molecule has 2 N–H and O–H groups in total. The van der Waals surface area contributed by atoms with Gasteiger partial charge in [0.25, 0.3) is 5.91 Å². The summed E-state index contributed by atoms with van der Waals surface area (Å²) in [5.41, 5.74) is 0. The number of carbonyl (C=O) groups excluding carboxylic acids is 1. The van der Waals surface area contributed by atoms with Crippen LogP contribution in [-0.4, -0.2) is 27.1 Å². The van der Waals surface area contributed by atoms with Gasteiger partial charge >= 0.3 is 0 Å². The predicted molar refractivity (Wildman–Crippen MR) is 71.4 cm³/mol. The van der Waals surface area contributed by atoms with E-state index >= 15 is 0 Å². The van der Waals surface area contributed by atoms with Crippen molar-refractivity contribution in [3.8, 4) is 0 Å². The molecule has 0 aromatic carbocycles. The van der Waals surface area contributed by atoms with Crippen LogP contribution < -0.4 is 5.32 Å². The third kappa shape index (κ3) is 4.47. The molecule has 0 aliphatic rings. The first kappa shape index (κ1) is 14.7. The van der Waals surface area contributed by atoms with Gasteiger partial charge in [0.1, 0.15) is 5.82 Å². The van der Waals surface area contributed by atoms with Crippen LogP contribution in [0, 0.1) is 5.92 Å². The predicted octanol–water partition coefficient (Wildman–Crippen LogP) is 2.31. The smallest absolute Gasteiger partial charge is 0.291 e. The molecule has 2 atom stereocenters. The van der Waals surface area contributed by atoms with E-state index in [1.165, 1.54) is 0 Å². The molecule has 1 aromatic rings. The maximum atomic E-state index is 11.9. The first-order chi connectivity index (χ1) is 8.56. The van der Waals surface area contributed by atoms with Crippen molar-refractivity contribution < 1.29 is 4.79 Å². The van der Waals surface area contributed by atoms with E-state index < -0.39 is 0 Å². The first-order valence-corrected chi connectivity index (χ1v) is 6.78. The normalized spacial score (nSPS) is 14.2. The van der Waals surface area contributed by atoms with Gasteiger partial charge in [-0.1, -0.05) is 27.2 Å². The molecule has 2 unspecified atom stereocenters.